The van der Waals surface area contributed by atoms with Crippen LogP contribution in [-0.4, -0.2) is 40.3 Å². The third-order valence-electron chi connectivity index (χ3n) is 6.28. The fourth-order valence-corrected chi connectivity index (χ4v) is 5.12. The minimum atomic E-state index is 0.132. The average Bonchev–Trinajstić information content (AvgIpc) is 3.41. The summed E-state index contributed by atoms with van der Waals surface area (Å²) >= 11 is 12.5. The summed E-state index contributed by atoms with van der Waals surface area (Å²) in [6.45, 7) is 2.18. The van der Waals surface area contributed by atoms with Crippen LogP contribution >= 0.6 is 23.2 Å². The number of benzene rings is 1. The van der Waals surface area contributed by atoms with Crippen molar-refractivity contribution in [1.29, 1.82) is 0 Å². The first kappa shape index (κ1) is 19.7. The Hall–Kier alpha value is -2.97. The van der Waals surface area contributed by atoms with Crippen molar-refractivity contribution in [3.05, 3.63) is 59.0 Å². The maximum atomic E-state index is 6.23. The second-order valence-electron chi connectivity index (χ2n) is 8.13. The number of rotatable bonds is 4. The molecule has 0 amide bonds. The van der Waals surface area contributed by atoms with Crippen LogP contribution in [0.3, 0.4) is 0 Å². The molecule has 0 saturated heterocycles. The van der Waals surface area contributed by atoms with E-state index in [9.17, 15) is 0 Å². The van der Waals surface area contributed by atoms with Gasteiger partial charge in [0.1, 0.15) is 17.8 Å². The molecule has 162 valence electrons. The van der Waals surface area contributed by atoms with E-state index in [1.165, 1.54) is 6.42 Å². The number of hydrogen-bond donors (Lipinski definition) is 0. The summed E-state index contributed by atoms with van der Waals surface area (Å²) in [5.74, 6) is 3.07. The molecule has 8 nitrogen and oxygen atoms in total. The molecule has 1 atom stereocenters. The first-order valence-corrected chi connectivity index (χ1v) is 11.5. The van der Waals surface area contributed by atoms with Gasteiger partial charge in [-0.3, -0.25) is 9.13 Å². The number of halogens is 2. The molecular weight excluding hydrogens is 447 g/mol. The molecule has 4 aromatic rings. The predicted octanol–water partition coefficient (Wildman–Crippen LogP) is 5.04. The van der Waals surface area contributed by atoms with Crippen LogP contribution < -0.4 is 4.90 Å². The predicted molar refractivity (Wildman–Crippen MR) is 123 cm³/mol. The Bertz CT molecular complexity index is 1290. The molecule has 0 bridgehead atoms. The molecular formula is C22H20Cl2N8. The zero-order valence-electron chi connectivity index (χ0n) is 17.4. The van der Waals surface area contributed by atoms with E-state index >= 15 is 0 Å². The molecule has 1 unspecified atom stereocenters. The van der Waals surface area contributed by atoms with Gasteiger partial charge in [0, 0.05) is 34.0 Å². The molecule has 1 fully saturated rings. The van der Waals surface area contributed by atoms with Gasteiger partial charge in [-0.25, -0.2) is 9.97 Å². The summed E-state index contributed by atoms with van der Waals surface area (Å²) in [6, 6.07) is 5.95. The summed E-state index contributed by atoms with van der Waals surface area (Å²) in [5, 5.41) is 9.69. The number of fused-ring (bicyclic) bond motifs is 3. The van der Waals surface area contributed by atoms with Gasteiger partial charge in [0.05, 0.1) is 12.2 Å². The summed E-state index contributed by atoms with van der Waals surface area (Å²) in [5.41, 5.74) is 1.70. The van der Waals surface area contributed by atoms with Crippen LogP contribution in [-0.2, 0) is 0 Å². The van der Waals surface area contributed by atoms with Crippen LogP contribution in [0.25, 0.3) is 23.0 Å². The van der Waals surface area contributed by atoms with Crippen LogP contribution in [0.2, 0.25) is 10.0 Å². The average molecular weight is 467 g/mol. The maximum Gasteiger partial charge on any atom is 0.237 e. The summed E-state index contributed by atoms with van der Waals surface area (Å²) in [4.78, 5) is 16.7. The van der Waals surface area contributed by atoms with E-state index in [4.69, 9.17) is 28.2 Å². The van der Waals surface area contributed by atoms with Crippen LogP contribution in [0.5, 0.6) is 0 Å². The lowest BCUT2D eigenvalue weighted by Crippen LogP contribution is -2.46. The highest BCUT2D eigenvalue weighted by Crippen LogP contribution is 2.43. The van der Waals surface area contributed by atoms with Gasteiger partial charge in [0.2, 0.25) is 5.95 Å². The van der Waals surface area contributed by atoms with Crippen LogP contribution in [0.4, 0.5) is 5.82 Å². The second-order valence-corrected chi connectivity index (χ2v) is 9.01. The van der Waals surface area contributed by atoms with Gasteiger partial charge < -0.3 is 4.90 Å². The lowest BCUT2D eigenvalue weighted by molar-refractivity contribution is 0.341. The highest BCUT2D eigenvalue weighted by Gasteiger charge is 2.39. The molecule has 0 spiro atoms. The van der Waals surface area contributed by atoms with Gasteiger partial charge in [-0.1, -0.05) is 30.1 Å². The number of anilines is 1. The highest BCUT2D eigenvalue weighted by atomic mass is 35.5. The molecule has 10 heteroatoms. The molecule has 1 aromatic carbocycles. The van der Waals surface area contributed by atoms with Crippen molar-refractivity contribution in [3.8, 4) is 23.0 Å². The van der Waals surface area contributed by atoms with E-state index in [2.05, 4.69) is 32.0 Å². The van der Waals surface area contributed by atoms with Crippen molar-refractivity contribution in [1.82, 2.24) is 34.3 Å². The maximum absolute atomic E-state index is 6.23. The second kappa shape index (κ2) is 7.56. The Morgan fingerprint density at radius 2 is 1.88 bits per heavy atom. The quantitative estimate of drug-likeness (QED) is 0.419. The Morgan fingerprint density at radius 1 is 1.06 bits per heavy atom. The molecule has 32 heavy (non-hydrogen) atoms. The number of nitrogens with zero attached hydrogens (tertiary/aromatic N) is 8. The first-order valence-electron chi connectivity index (χ1n) is 10.7. The molecule has 0 N–H and O–H groups in total. The van der Waals surface area contributed by atoms with Crippen molar-refractivity contribution < 1.29 is 0 Å². The van der Waals surface area contributed by atoms with Gasteiger partial charge in [0.25, 0.3) is 0 Å². The van der Waals surface area contributed by atoms with Gasteiger partial charge in [0.15, 0.2) is 11.6 Å². The van der Waals surface area contributed by atoms with Crippen molar-refractivity contribution in [3.63, 3.8) is 0 Å². The molecule has 1 aliphatic heterocycles. The fraction of sp³-hybridized carbons (Fsp3) is 0.318. The molecule has 6 rings (SSSR count). The smallest absolute Gasteiger partial charge is 0.237 e. The van der Waals surface area contributed by atoms with Crippen molar-refractivity contribution in [2.45, 2.75) is 44.7 Å². The van der Waals surface area contributed by atoms with Gasteiger partial charge in [-0.2, -0.15) is 4.98 Å². The highest BCUT2D eigenvalue weighted by molar-refractivity contribution is 6.35. The normalized spacial score (nSPS) is 17.7. The monoisotopic (exact) mass is 466 g/mol. The molecule has 3 aromatic heterocycles. The minimum Gasteiger partial charge on any atom is -0.341 e. The standard InChI is InChI=1S/C22H20Cl2N8/c1-2-17-21-29-27-12-31(21)18-11-26-22(28-20(18)32(17)16-4-3-5-16)30-7-6-25-19(30)13-8-14(23)10-15(24)9-13/h6-12,16-17H,2-5H2,1H3. The fourth-order valence-electron chi connectivity index (χ4n) is 4.60. The van der Waals surface area contributed by atoms with E-state index in [0.29, 0.717) is 27.9 Å². The molecule has 4 heterocycles. The van der Waals surface area contributed by atoms with Gasteiger partial charge in [-0.05, 0) is 43.9 Å². The van der Waals surface area contributed by atoms with E-state index < -0.39 is 0 Å². The molecule has 2 aliphatic rings. The Morgan fingerprint density at radius 3 is 2.59 bits per heavy atom. The molecule has 1 saturated carbocycles. The molecule has 0 radical (unpaired) electrons. The lowest BCUT2D eigenvalue weighted by Gasteiger charge is -2.45. The van der Waals surface area contributed by atoms with E-state index in [-0.39, 0.29) is 6.04 Å². The zero-order valence-corrected chi connectivity index (χ0v) is 18.9. The van der Waals surface area contributed by atoms with Crippen LogP contribution in [0.1, 0.15) is 44.5 Å². The van der Waals surface area contributed by atoms with E-state index in [0.717, 1.165) is 42.2 Å². The van der Waals surface area contributed by atoms with Crippen LogP contribution in [0.15, 0.2) is 43.1 Å². The minimum absolute atomic E-state index is 0.132. The zero-order chi connectivity index (χ0) is 21.8. The van der Waals surface area contributed by atoms with Crippen LogP contribution in [0, 0.1) is 0 Å². The van der Waals surface area contributed by atoms with E-state index in [1.54, 1.807) is 18.6 Å². The molecule has 1 aliphatic carbocycles. The van der Waals surface area contributed by atoms with Crippen molar-refractivity contribution in [2.24, 2.45) is 0 Å². The number of imidazole rings is 1. The Labute approximate surface area is 194 Å². The largest absolute Gasteiger partial charge is 0.341 e. The first-order chi connectivity index (χ1) is 15.6. The third-order valence-corrected chi connectivity index (χ3v) is 6.72. The number of aromatic nitrogens is 7. The Kier molecular flexibility index (Phi) is 4.66. The topological polar surface area (TPSA) is 77.5 Å². The summed E-state index contributed by atoms with van der Waals surface area (Å²) in [6.07, 6.45) is 11.6. The summed E-state index contributed by atoms with van der Waals surface area (Å²) in [7, 11) is 0. The van der Waals surface area contributed by atoms with E-state index in [1.807, 2.05) is 33.7 Å². The number of hydrogen-bond acceptors (Lipinski definition) is 6. The van der Waals surface area contributed by atoms with Crippen molar-refractivity contribution in [2.75, 3.05) is 4.90 Å². The van der Waals surface area contributed by atoms with Gasteiger partial charge >= 0.3 is 0 Å². The van der Waals surface area contributed by atoms with Crippen molar-refractivity contribution >= 4 is 29.0 Å². The lowest BCUT2D eigenvalue weighted by atomic mass is 9.89. The Balaban J connectivity index is 1.51. The summed E-state index contributed by atoms with van der Waals surface area (Å²) < 4.78 is 3.87. The van der Waals surface area contributed by atoms with Gasteiger partial charge in [-0.15, -0.1) is 10.2 Å². The third kappa shape index (κ3) is 3.01. The SMILES string of the molecule is CCC1c2nncn2-c2cnc(-n3ccnc3-c3cc(Cl)cc(Cl)c3)nc2N1C1CCC1.